The maximum absolute atomic E-state index is 11.4. The Bertz CT molecular complexity index is 609. The average Bonchev–Trinajstić information content (AvgIpc) is 3.05. The molecule has 18 heavy (non-hydrogen) atoms. The van der Waals surface area contributed by atoms with Crippen LogP contribution in [0.3, 0.4) is 0 Å². The van der Waals surface area contributed by atoms with Crippen molar-refractivity contribution < 1.29 is 9.53 Å². The fourth-order valence-electron chi connectivity index (χ4n) is 1.92. The molecular weight excluding hydrogens is 270 g/mol. The highest BCUT2D eigenvalue weighted by Gasteiger charge is 2.15. The lowest BCUT2D eigenvalue weighted by molar-refractivity contribution is 0.101. The van der Waals surface area contributed by atoms with Gasteiger partial charge in [-0.1, -0.05) is 0 Å². The van der Waals surface area contributed by atoms with E-state index >= 15 is 0 Å². The predicted molar refractivity (Wildman–Crippen MR) is 71.8 cm³/mol. The van der Waals surface area contributed by atoms with Crippen molar-refractivity contribution in [1.29, 1.82) is 0 Å². The summed E-state index contributed by atoms with van der Waals surface area (Å²) in [6.45, 7) is 0.743. The molecule has 2 aromatic rings. The Morgan fingerprint density at radius 3 is 3.22 bits per heavy atom. The van der Waals surface area contributed by atoms with Crippen LogP contribution in [0.15, 0.2) is 23.6 Å². The van der Waals surface area contributed by atoms with Gasteiger partial charge >= 0.3 is 0 Å². The minimum atomic E-state index is -0.135. The Balaban J connectivity index is 1.95. The second-order valence-corrected chi connectivity index (χ2v) is 5.14. The van der Waals surface area contributed by atoms with E-state index in [4.69, 9.17) is 16.3 Å². The number of alkyl halides is 1. The molecule has 5 heteroatoms. The molecule has 0 saturated heterocycles. The molecular formula is C13H10ClNO2S. The van der Waals surface area contributed by atoms with Crippen molar-refractivity contribution in [2.45, 2.75) is 6.42 Å². The minimum absolute atomic E-state index is 0.0266. The number of carbonyl (C=O) groups is 1. The van der Waals surface area contributed by atoms with Gasteiger partial charge in [0.1, 0.15) is 16.5 Å². The van der Waals surface area contributed by atoms with Crippen LogP contribution in [0.4, 0.5) is 0 Å². The number of hydrogen-bond acceptors (Lipinski definition) is 4. The first kappa shape index (κ1) is 11.7. The summed E-state index contributed by atoms with van der Waals surface area (Å²) in [7, 11) is 0. The fraction of sp³-hybridized carbons (Fsp3) is 0.231. The van der Waals surface area contributed by atoms with E-state index < -0.39 is 0 Å². The zero-order chi connectivity index (χ0) is 12.5. The van der Waals surface area contributed by atoms with Crippen molar-refractivity contribution >= 4 is 28.7 Å². The molecule has 0 bridgehead atoms. The van der Waals surface area contributed by atoms with E-state index in [9.17, 15) is 4.79 Å². The van der Waals surface area contributed by atoms with E-state index in [2.05, 4.69) is 11.1 Å². The van der Waals surface area contributed by atoms with Crippen molar-refractivity contribution in [3.63, 3.8) is 0 Å². The number of ketones is 1. The van der Waals surface area contributed by atoms with Crippen LogP contribution in [0.1, 0.15) is 16.1 Å². The van der Waals surface area contributed by atoms with Gasteiger partial charge in [-0.2, -0.15) is 0 Å². The molecule has 92 valence electrons. The van der Waals surface area contributed by atoms with Crippen molar-refractivity contribution in [2.24, 2.45) is 0 Å². The van der Waals surface area contributed by atoms with Crippen molar-refractivity contribution in [3.8, 4) is 16.3 Å². The zero-order valence-corrected chi connectivity index (χ0v) is 11.1. The monoisotopic (exact) mass is 279 g/mol. The van der Waals surface area contributed by atoms with Crippen LogP contribution in [-0.2, 0) is 6.42 Å². The SMILES string of the molecule is O=C(CCl)c1csc(-c2ccc3c(c2)CCO3)n1. The Hall–Kier alpha value is -1.39. The van der Waals surface area contributed by atoms with Crippen molar-refractivity contribution in [3.05, 3.63) is 34.8 Å². The molecule has 3 nitrogen and oxygen atoms in total. The molecule has 2 heterocycles. The molecule has 0 unspecified atom stereocenters. The quantitative estimate of drug-likeness (QED) is 0.640. The molecule has 1 aliphatic heterocycles. The molecule has 0 spiro atoms. The van der Waals surface area contributed by atoms with Crippen LogP contribution in [0, 0.1) is 0 Å². The number of carbonyl (C=O) groups excluding carboxylic acids is 1. The maximum Gasteiger partial charge on any atom is 0.196 e. The van der Waals surface area contributed by atoms with Gasteiger partial charge in [0.15, 0.2) is 5.78 Å². The number of hydrogen-bond donors (Lipinski definition) is 0. The Labute approximate surface area is 113 Å². The standard InChI is InChI=1S/C13H10ClNO2S/c14-6-11(16)10-7-18-13(15-10)9-1-2-12-8(5-9)3-4-17-12/h1-2,5,7H,3-4,6H2. The number of fused-ring (bicyclic) bond motifs is 1. The van der Waals surface area contributed by atoms with Gasteiger partial charge in [0.2, 0.25) is 0 Å². The zero-order valence-electron chi connectivity index (χ0n) is 9.48. The average molecular weight is 280 g/mol. The van der Waals surface area contributed by atoms with Crippen molar-refractivity contribution in [2.75, 3.05) is 12.5 Å². The van der Waals surface area contributed by atoms with Gasteiger partial charge in [-0.15, -0.1) is 22.9 Å². The number of Topliss-reactive ketones (excluding diaryl/α,β-unsaturated/α-hetero) is 1. The van der Waals surface area contributed by atoms with E-state index in [1.165, 1.54) is 16.9 Å². The summed E-state index contributed by atoms with van der Waals surface area (Å²) >= 11 is 6.98. The van der Waals surface area contributed by atoms with Gasteiger partial charge in [0.05, 0.1) is 12.5 Å². The Kier molecular flexibility index (Phi) is 3.06. The molecule has 1 aliphatic rings. The van der Waals surface area contributed by atoms with Gasteiger partial charge < -0.3 is 4.74 Å². The second-order valence-electron chi connectivity index (χ2n) is 4.02. The number of rotatable bonds is 3. The third-order valence-corrected chi connectivity index (χ3v) is 3.98. The van der Waals surface area contributed by atoms with E-state index in [1.54, 1.807) is 5.38 Å². The molecule has 3 rings (SSSR count). The van der Waals surface area contributed by atoms with Crippen LogP contribution in [0.5, 0.6) is 5.75 Å². The number of thiazole rings is 1. The molecule has 0 fully saturated rings. The molecule has 0 atom stereocenters. The third-order valence-electron chi connectivity index (χ3n) is 2.85. The summed E-state index contributed by atoms with van der Waals surface area (Å²) in [6.07, 6.45) is 0.933. The number of ether oxygens (including phenoxy) is 1. The van der Waals surface area contributed by atoms with Crippen LogP contribution >= 0.6 is 22.9 Å². The maximum atomic E-state index is 11.4. The normalized spacial score (nSPS) is 13.2. The van der Waals surface area contributed by atoms with Crippen LogP contribution < -0.4 is 4.74 Å². The van der Waals surface area contributed by atoms with Crippen LogP contribution in [0.25, 0.3) is 10.6 Å². The summed E-state index contributed by atoms with van der Waals surface area (Å²) in [5.41, 5.74) is 2.67. The fourth-order valence-corrected chi connectivity index (χ4v) is 2.88. The summed E-state index contributed by atoms with van der Waals surface area (Å²) < 4.78 is 5.46. The highest BCUT2D eigenvalue weighted by atomic mass is 35.5. The third kappa shape index (κ3) is 2.02. The van der Waals surface area contributed by atoms with Gasteiger partial charge in [0.25, 0.3) is 0 Å². The number of benzene rings is 1. The first-order chi connectivity index (χ1) is 8.78. The largest absolute Gasteiger partial charge is 0.493 e. The van der Waals surface area contributed by atoms with E-state index in [0.29, 0.717) is 5.69 Å². The Morgan fingerprint density at radius 1 is 1.50 bits per heavy atom. The van der Waals surface area contributed by atoms with Gasteiger partial charge in [-0.25, -0.2) is 4.98 Å². The molecule has 1 aromatic heterocycles. The smallest absolute Gasteiger partial charge is 0.196 e. The predicted octanol–water partition coefficient (Wildman–Crippen LogP) is 3.17. The topological polar surface area (TPSA) is 39.2 Å². The first-order valence-corrected chi connectivity index (χ1v) is 7.00. The number of nitrogens with zero attached hydrogens (tertiary/aromatic N) is 1. The Morgan fingerprint density at radius 2 is 2.39 bits per heavy atom. The second kappa shape index (κ2) is 4.71. The van der Waals surface area contributed by atoms with E-state index in [-0.39, 0.29) is 11.7 Å². The number of aromatic nitrogens is 1. The highest BCUT2D eigenvalue weighted by molar-refractivity contribution is 7.13. The van der Waals surface area contributed by atoms with Crippen LogP contribution in [0.2, 0.25) is 0 Å². The van der Waals surface area contributed by atoms with Crippen LogP contribution in [-0.4, -0.2) is 23.3 Å². The summed E-state index contributed by atoms with van der Waals surface area (Å²) in [5.74, 6) is 0.789. The molecule has 0 saturated carbocycles. The van der Waals surface area contributed by atoms with Crippen molar-refractivity contribution in [1.82, 2.24) is 4.98 Å². The molecule has 0 amide bonds. The lowest BCUT2D eigenvalue weighted by atomic mass is 10.1. The summed E-state index contributed by atoms with van der Waals surface area (Å²) in [5, 5.41) is 2.60. The first-order valence-electron chi connectivity index (χ1n) is 5.59. The van der Waals surface area contributed by atoms with E-state index in [1.807, 2.05) is 12.1 Å². The molecule has 1 aromatic carbocycles. The van der Waals surface area contributed by atoms with Gasteiger partial charge in [-0.05, 0) is 23.8 Å². The lowest BCUT2D eigenvalue weighted by Crippen LogP contribution is -2.00. The van der Waals surface area contributed by atoms with Gasteiger partial charge in [0, 0.05) is 17.4 Å². The lowest BCUT2D eigenvalue weighted by Gasteiger charge is -2.00. The van der Waals surface area contributed by atoms with E-state index in [0.717, 1.165) is 29.3 Å². The summed E-state index contributed by atoms with van der Waals surface area (Å²) in [6, 6.07) is 6.01. The van der Waals surface area contributed by atoms with Gasteiger partial charge in [-0.3, -0.25) is 4.79 Å². The minimum Gasteiger partial charge on any atom is -0.493 e. The molecule has 0 aliphatic carbocycles. The number of halogens is 1. The summed E-state index contributed by atoms with van der Waals surface area (Å²) in [4.78, 5) is 15.8. The molecule has 0 N–H and O–H groups in total. The highest BCUT2D eigenvalue weighted by Crippen LogP contribution is 2.31. The molecule has 0 radical (unpaired) electrons.